The average molecular weight is 452 g/mol. The highest BCUT2D eigenvalue weighted by Crippen LogP contribution is 2.33. The number of aromatic nitrogens is 1. The molecule has 2 aromatic carbocycles. The number of amidine groups is 1. The number of aliphatic hydroxyl groups is 1. The first-order valence-electron chi connectivity index (χ1n) is 10.3. The minimum atomic E-state index is -0.423. The van der Waals surface area contributed by atoms with Crippen molar-refractivity contribution in [3.63, 3.8) is 0 Å². The zero-order chi connectivity index (χ0) is 22.8. The Morgan fingerprint density at radius 3 is 2.91 bits per heavy atom. The van der Waals surface area contributed by atoms with E-state index in [2.05, 4.69) is 20.7 Å². The Morgan fingerprint density at radius 1 is 1.34 bits per heavy atom. The molecule has 166 valence electrons. The second kappa shape index (κ2) is 8.97. The minimum absolute atomic E-state index is 0.0475. The molecule has 1 aromatic heterocycles. The van der Waals surface area contributed by atoms with Crippen molar-refractivity contribution in [1.29, 1.82) is 0 Å². The summed E-state index contributed by atoms with van der Waals surface area (Å²) in [4.78, 5) is 31.6. The molecule has 0 aliphatic carbocycles. The maximum atomic E-state index is 13.3. The van der Waals surface area contributed by atoms with Gasteiger partial charge >= 0.3 is 0 Å². The van der Waals surface area contributed by atoms with Crippen molar-refractivity contribution in [3.8, 4) is 0 Å². The van der Waals surface area contributed by atoms with Gasteiger partial charge in [0.15, 0.2) is 0 Å². The van der Waals surface area contributed by atoms with Crippen LogP contribution in [0.1, 0.15) is 35.3 Å². The molecule has 2 unspecified atom stereocenters. The molecular formula is C23H25N5O3S. The molecule has 32 heavy (non-hydrogen) atoms. The molecule has 2 heterocycles. The monoisotopic (exact) mass is 451 g/mol. The van der Waals surface area contributed by atoms with Crippen LogP contribution in [0.5, 0.6) is 0 Å². The van der Waals surface area contributed by atoms with Crippen molar-refractivity contribution in [2.75, 3.05) is 16.8 Å². The lowest BCUT2D eigenvalue weighted by molar-refractivity contribution is 0.0981. The Labute approximate surface area is 189 Å². The number of nitrogens with two attached hydrogens (primary N) is 1. The van der Waals surface area contributed by atoms with Gasteiger partial charge in [0.05, 0.1) is 12.6 Å². The van der Waals surface area contributed by atoms with Crippen LogP contribution in [0, 0.1) is 0 Å². The number of benzene rings is 2. The molecule has 8 nitrogen and oxygen atoms in total. The number of aliphatic hydroxyl groups excluding tert-OH is 1. The summed E-state index contributed by atoms with van der Waals surface area (Å²) in [5, 5.41) is 12.9. The summed E-state index contributed by atoms with van der Waals surface area (Å²) in [5.74, 6) is -0.0299. The van der Waals surface area contributed by atoms with E-state index in [1.165, 1.54) is 0 Å². The molecule has 0 bridgehead atoms. The molecule has 1 aliphatic rings. The highest BCUT2D eigenvalue weighted by Gasteiger charge is 2.31. The fraction of sp³-hybridized carbons (Fsp3) is 0.261. The molecule has 4 rings (SSSR count). The molecule has 0 saturated carbocycles. The fourth-order valence-electron chi connectivity index (χ4n) is 3.84. The van der Waals surface area contributed by atoms with Crippen LogP contribution in [-0.2, 0) is 6.42 Å². The first-order chi connectivity index (χ1) is 15.4. The number of carbonyl (C=O) groups is 1. The summed E-state index contributed by atoms with van der Waals surface area (Å²) in [7, 11) is 0. The Kier molecular flexibility index (Phi) is 6.11. The number of nitrogens with zero attached hydrogens (tertiary/aromatic N) is 2. The highest BCUT2D eigenvalue weighted by atomic mass is 32.1. The van der Waals surface area contributed by atoms with Gasteiger partial charge < -0.3 is 21.1 Å². The largest absolute Gasteiger partial charge is 0.394 e. The molecule has 0 spiro atoms. The summed E-state index contributed by atoms with van der Waals surface area (Å²) < 4.78 is 2.65. The SMILES string of the molecule is CC(CO)N=C(N)c1c(Nc2cccc(C(=O)N3c4ccccc4CC3C)c2)s[nH]c1=O. The van der Waals surface area contributed by atoms with Gasteiger partial charge in [-0.05, 0) is 61.6 Å². The molecule has 5 N–H and O–H groups in total. The van der Waals surface area contributed by atoms with E-state index in [4.69, 9.17) is 5.73 Å². The van der Waals surface area contributed by atoms with E-state index >= 15 is 0 Å². The highest BCUT2D eigenvalue weighted by molar-refractivity contribution is 7.10. The molecule has 0 saturated heterocycles. The maximum absolute atomic E-state index is 13.3. The minimum Gasteiger partial charge on any atom is -0.394 e. The number of aliphatic imine (C=N–C) groups is 1. The number of amides is 1. The van der Waals surface area contributed by atoms with Gasteiger partial charge in [-0.15, -0.1) is 0 Å². The average Bonchev–Trinajstić information content (AvgIpc) is 3.31. The normalized spacial score (nSPS) is 16.7. The van der Waals surface area contributed by atoms with Gasteiger partial charge in [-0.25, -0.2) is 0 Å². The van der Waals surface area contributed by atoms with Crippen molar-refractivity contribution < 1.29 is 9.90 Å². The van der Waals surface area contributed by atoms with E-state index in [-0.39, 0.29) is 35.5 Å². The third kappa shape index (κ3) is 4.17. The lowest BCUT2D eigenvalue weighted by Gasteiger charge is -2.23. The van der Waals surface area contributed by atoms with Crippen LogP contribution >= 0.6 is 11.5 Å². The number of carbonyl (C=O) groups excluding carboxylic acids is 1. The van der Waals surface area contributed by atoms with Gasteiger partial charge in [-0.2, -0.15) is 0 Å². The third-order valence-electron chi connectivity index (χ3n) is 5.37. The van der Waals surface area contributed by atoms with E-state index in [1.54, 1.807) is 25.1 Å². The lowest BCUT2D eigenvalue weighted by atomic mass is 10.1. The Bertz CT molecular complexity index is 1230. The number of fused-ring (bicyclic) bond motifs is 1. The first-order valence-corrected chi connectivity index (χ1v) is 11.1. The fourth-order valence-corrected chi connectivity index (χ4v) is 4.61. The number of nitrogens with one attached hydrogen (secondary N) is 2. The first kappa shape index (κ1) is 21.8. The lowest BCUT2D eigenvalue weighted by Crippen LogP contribution is -2.35. The van der Waals surface area contributed by atoms with E-state index in [0.29, 0.717) is 16.3 Å². The number of anilines is 3. The number of hydrogen-bond acceptors (Lipinski definition) is 6. The number of H-pyrrole nitrogens is 1. The van der Waals surface area contributed by atoms with Gasteiger partial charge in [-0.3, -0.25) is 19.0 Å². The van der Waals surface area contributed by atoms with Crippen LogP contribution in [0.3, 0.4) is 0 Å². The van der Waals surface area contributed by atoms with Gasteiger partial charge in [0.25, 0.3) is 11.5 Å². The van der Waals surface area contributed by atoms with Gasteiger partial charge in [0.1, 0.15) is 16.4 Å². The van der Waals surface area contributed by atoms with Crippen molar-refractivity contribution in [2.24, 2.45) is 10.7 Å². The second-order valence-corrected chi connectivity index (χ2v) is 8.66. The summed E-state index contributed by atoms with van der Waals surface area (Å²) in [6.07, 6.45) is 0.825. The number of aromatic amines is 1. The van der Waals surface area contributed by atoms with E-state index < -0.39 is 6.04 Å². The van der Waals surface area contributed by atoms with Crippen molar-refractivity contribution in [1.82, 2.24) is 4.37 Å². The molecule has 9 heteroatoms. The van der Waals surface area contributed by atoms with Crippen molar-refractivity contribution >= 4 is 39.7 Å². The molecule has 1 aliphatic heterocycles. The molecule has 0 fully saturated rings. The summed E-state index contributed by atoms with van der Waals surface area (Å²) in [6.45, 7) is 3.57. The summed E-state index contributed by atoms with van der Waals surface area (Å²) in [5.41, 5.74) is 9.17. The Balaban J connectivity index is 1.61. The predicted octanol–water partition coefficient (Wildman–Crippen LogP) is 2.86. The third-order valence-corrected chi connectivity index (χ3v) is 6.17. The van der Waals surface area contributed by atoms with Crippen LogP contribution < -0.4 is 21.5 Å². The zero-order valence-corrected chi connectivity index (χ0v) is 18.6. The van der Waals surface area contributed by atoms with E-state index in [0.717, 1.165) is 29.2 Å². The molecule has 3 aromatic rings. The summed E-state index contributed by atoms with van der Waals surface area (Å²) >= 11 is 1.10. The molecular weight excluding hydrogens is 426 g/mol. The van der Waals surface area contributed by atoms with Gasteiger partial charge in [0, 0.05) is 23.0 Å². The van der Waals surface area contributed by atoms with Crippen LogP contribution in [0.4, 0.5) is 16.4 Å². The van der Waals surface area contributed by atoms with Crippen LogP contribution in [0.2, 0.25) is 0 Å². The number of rotatable bonds is 6. The van der Waals surface area contributed by atoms with Crippen molar-refractivity contribution in [2.45, 2.75) is 32.4 Å². The van der Waals surface area contributed by atoms with Crippen LogP contribution in [0.25, 0.3) is 0 Å². The van der Waals surface area contributed by atoms with Gasteiger partial charge in [0.2, 0.25) is 0 Å². The van der Waals surface area contributed by atoms with E-state index in [1.807, 2.05) is 36.1 Å². The molecule has 1 amide bonds. The van der Waals surface area contributed by atoms with E-state index in [9.17, 15) is 14.7 Å². The summed E-state index contributed by atoms with van der Waals surface area (Å²) in [6, 6.07) is 14.7. The number of para-hydroxylation sites is 1. The number of hydrogen-bond donors (Lipinski definition) is 4. The molecule has 0 radical (unpaired) electrons. The van der Waals surface area contributed by atoms with Gasteiger partial charge in [-0.1, -0.05) is 24.3 Å². The zero-order valence-electron chi connectivity index (χ0n) is 17.8. The topological polar surface area (TPSA) is 124 Å². The Hall–Kier alpha value is -3.43. The Morgan fingerprint density at radius 2 is 2.12 bits per heavy atom. The standard InChI is InChI=1S/C23H25N5O3S/c1-13(12-29)25-20(24)19-21(30)27-32-22(19)26-17-8-5-7-16(11-17)23(31)28-14(2)10-15-6-3-4-9-18(15)28/h3-9,11,13-14,26,29H,10,12H2,1-2H3,(H2,24,25)(H,27,30). The predicted molar refractivity (Wildman–Crippen MR) is 128 cm³/mol. The van der Waals surface area contributed by atoms with Crippen molar-refractivity contribution in [3.05, 3.63) is 75.6 Å². The quantitative estimate of drug-likeness (QED) is 0.339. The smallest absolute Gasteiger partial charge is 0.271 e. The van der Waals surface area contributed by atoms with Crippen LogP contribution in [0.15, 0.2) is 58.3 Å². The van der Waals surface area contributed by atoms with Crippen LogP contribution in [-0.4, -0.2) is 39.9 Å². The second-order valence-electron chi connectivity index (χ2n) is 7.85. The molecule has 2 atom stereocenters. The maximum Gasteiger partial charge on any atom is 0.271 e.